The summed E-state index contributed by atoms with van der Waals surface area (Å²) in [7, 11) is -31.2. The third kappa shape index (κ3) is 16.1. The number of anilines is 2. The number of aromatic nitrogens is 6. The Balaban J connectivity index is 0.000000169. The minimum absolute atomic E-state index is 0.113. The standard InChI is InChI=1S/C13H17N4O12P3.C13H14N4O3.C7H4ClO3P.C7H7O10P3/c1-2-13(6-26-31(22,23)29-32(24,25)28-30(19,20)21)9(18)5-10(27-13)17-4-3-8-11(14)15-7-16-12(8)17;1-2-13(6-18)9(19)5-10(20-13)17-4-3-8-11(14)15-7-16-12(8)17;8-12-10-6-4-2-1-3-5(6)7(9)11-12;8-7(9)5-3-1-2-4-6(5)14-18-15-19(10,11)17-20(12,13)16-18/h1,3-4,7,9-10,18H,5-6H2,(H,22,23)(H,24,25)(H2,14,15,16)(H2,19,20,21);1,3-4,7,9-10,18-19H,5-6H2,(H2,14,15,16);1-4H;1-4H,(H,8,9)(H,10,11)(H,12,13)/p-2/t2*9-,10+,13+;;/m00../s1. The number of nitrogens with zero attached hydrogens (tertiary/aromatic N) is 6. The lowest BCUT2D eigenvalue weighted by atomic mass is 9.99. The third-order valence-electron chi connectivity index (χ3n) is 11.2. The number of nitrogen functional groups attached to an aromatic ring is 2. The van der Waals surface area contributed by atoms with Crippen LogP contribution in [0, 0.1) is 24.7 Å². The summed E-state index contributed by atoms with van der Waals surface area (Å²) in [5.74, 6) is 3.15. The molecule has 3 saturated heterocycles. The molecule has 12 atom stereocenters. The highest BCUT2D eigenvalue weighted by molar-refractivity contribution is 7.76. The summed E-state index contributed by atoms with van der Waals surface area (Å²) < 4.78 is 109. The predicted octanol–water partition coefficient (Wildman–Crippen LogP) is 2.66. The van der Waals surface area contributed by atoms with Crippen LogP contribution in [0.3, 0.4) is 0 Å². The second-order valence-electron chi connectivity index (χ2n) is 16.6. The van der Waals surface area contributed by atoms with Gasteiger partial charge in [-0.25, -0.2) is 55.9 Å². The molecule has 0 spiro atoms. The molecular formula is C40H40ClN8O28P7-2. The van der Waals surface area contributed by atoms with Gasteiger partial charge < -0.3 is 98.2 Å². The maximum atomic E-state index is 12.0. The van der Waals surface area contributed by atoms with Crippen LogP contribution < -0.4 is 30.5 Å². The van der Waals surface area contributed by atoms with Gasteiger partial charge in [-0.15, -0.1) is 12.8 Å². The Labute approximate surface area is 477 Å². The Morgan fingerprint density at radius 2 is 1.36 bits per heavy atom. The van der Waals surface area contributed by atoms with Crippen LogP contribution in [-0.4, -0.2) is 117 Å². The molecular weight excluding hydrogens is 1290 g/mol. The molecule has 84 heavy (non-hydrogen) atoms. The Kier molecular flexibility index (Phi) is 20.7. The number of benzene rings is 2. The van der Waals surface area contributed by atoms with Crippen molar-refractivity contribution in [3.63, 3.8) is 0 Å². The highest BCUT2D eigenvalue weighted by atomic mass is 35.7. The Morgan fingerprint density at radius 1 is 0.821 bits per heavy atom. The topological polar surface area (TPSA) is 542 Å². The van der Waals surface area contributed by atoms with Gasteiger partial charge in [0.2, 0.25) is 0 Å². The van der Waals surface area contributed by atoms with Gasteiger partial charge in [0, 0.05) is 30.8 Å². The summed E-state index contributed by atoms with van der Waals surface area (Å²) in [6.07, 6.45) is 13.0. The van der Waals surface area contributed by atoms with Crippen molar-refractivity contribution in [2.45, 2.75) is 48.7 Å². The average molecular weight is 1330 g/mol. The number of halogens is 1. The number of carboxylic acids is 1. The number of carbonyl (C=O) groups is 2. The maximum absolute atomic E-state index is 12.0. The van der Waals surface area contributed by atoms with E-state index in [1.165, 1.54) is 29.4 Å². The van der Waals surface area contributed by atoms with E-state index in [4.69, 9.17) is 68.8 Å². The molecule has 0 radical (unpaired) electrons. The van der Waals surface area contributed by atoms with Crippen LogP contribution in [0.4, 0.5) is 11.6 Å². The fraction of sp³-hybridized carbons (Fsp3) is 0.250. The molecule has 0 amide bonds. The fourth-order valence-electron chi connectivity index (χ4n) is 7.48. The summed E-state index contributed by atoms with van der Waals surface area (Å²) in [4.78, 5) is 93.9. The predicted molar refractivity (Wildman–Crippen MR) is 280 cm³/mol. The maximum Gasteiger partial charge on any atom is 0.490 e. The summed E-state index contributed by atoms with van der Waals surface area (Å²) in [6, 6.07) is 15.2. The van der Waals surface area contributed by atoms with Crippen LogP contribution in [0.5, 0.6) is 11.5 Å². The lowest BCUT2D eigenvalue weighted by Gasteiger charge is -2.32. The quantitative estimate of drug-likeness (QED) is 0.0587. The number of phosphoric acid groups is 5. The minimum Gasteiger partial charge on any atom is -0.756 e. The number of aliphatic hydroxyl groups excluding tert-OH is 3. The number of nitrogens with two attached hydrogens (primary N) is 2. The number of aliphatic hydroxyl groups is 3. The minimum atomic E-state index is -5.71. The first-order valence-corrected chi connectivity index (χ1v) is 33.1. The van der Waals surface area contributed by atoms with Crippen molar-refractivity contribution in [1.29, 1.82) is 0 Å². The SMILES string of the molecule is C#C[C@]1(CO)O[C@@H](n2ccc3c(N)ncnc32)C[C@@H]1O.C#C[C@]1(COP(=O)(O)OP(=O)(O)OP(=O)(O)O)O[C@@H](n2ccc3c(N)ncnc32)C[C@@H]1O.O=C([O-])c1ccccc1OP1OP(=O)([O-])OP(=O)(O)O1.O=C1OP(Cl)Oc2ccccc21. The molecule has 4 aromatic heterocycles. The number of hydrogen-bond acceptors (Lipinski definition) is 29. The number of terminal acetylenes is 2. The third-order valence-corrected chi connectivity index (χ3v) is 20.7. The summed E-state index contributed by atoms with van der Waals surface area (Å²) in [5, 5.41) is 41.9. The molecule has 4 aliphatic heterocycles. The number of hydrogen-bond donors (Lipinski definition) is 10. The van der Waals surface area contributed by atoms with Crippen molar-refractivity contribution in [2.24, 2.45) is 0 Å². The second-order valence-corrected chi connectivity index (χ2v) is 27.1. The Morgan fingerprint density at radius 3 is 1.88 bits per heavy atom. The second kappa shape index (κ2) is 26.3. The lowest BCUT2D eigenvalue weighted by Crippen LogP contribution is -2.42. The van der Waals surface area contributed by atoms with Crippen LogP contribution in [0.2, 0.25) is 0 Å². The molecule has 6 aromatic rings. The van der Waals surface area contributed by atoms with Crippen LogP contribution >= 0.6 is 66.7 Å². The van der Waals surface area contributed by atoms with E-state index in [1.807, 2.05) is 0 Å². The van der Waals surface area contributed by atoms with E-state index in [1.54, 1.807) is 53.4 Å². The van der Waals surface area contributed by atoms with Crippen molar-refractivity contribution in [2.75, 3.05) is 24.7 Å². The van der Waals surface area contributed by atoms with E-state index in [-0.39, 0.29) is 24.4 Å². The van der Waals surface area contributed by atoms with Crippen LogP contribution in [0.15, 0.2) is 85.7 Å². The van der Waals surface area contributed by atoms with Crippen LogP contribution in [-0.2, 0) is 62.9 Å². The highest BCUT2D eigenvalue weighted by Crippen LogP contribution is 2.75. The molecule has 0 saturated carbocycles. The van der Waals surface area contributed by atoms with Gasteiger partial charge in [0.05, 0.1) is 23.3 Å². The number of ether oxygens (including phenoxy) is 2. The molecule has 36 nitrogen and oxygen atoms in total. The van der Waals surface area contributed by atoms with Gasteiger partial charge in [-0.1, -0.05) is 36.1 Å². The summed E-state index contributed by atoms with van der Waals surface area (Å²) >= 11 is 5.54. The molecule has 0 aliphatic carbocycles. The molecule has 12 N–H and O–H groups in total. The van der Waals surface area contributed by atoms with Gasteiger partial charge in [-0.3, -0.25) is 9.09 Å². The highest BCUT2D eigenvalue weighted by Gasteiger charge is 2.52. The first kappa shape index (κ1) is 66.1. The van der Waals surface area contributed by atoms with Crippen molar-refractivity contribution >= 4 is 112 Å². The summed E-state index contributed by atoms with van der Waals surface area (Å²) in [5.41, 5.74) is 9.13. The zero-order valence-corrected chi connectivity index (χ0v) is 48.5. The fourth-order valence-corrected chi connectivity index (χ4v) is 15.6. The van der Waals surface area contributed by atoms with E-state index >= 15 is 0 Å². The van der Waals surface area contributed by atoms with E-state index in [9.17, 15) is 67.5 Å². The molecule has 3 fully saturated rings. The van der Waals surface area contributed by atoms with Crippen molar-refractivity contribution in [3.8, 4) is 36.2 Å². The zero-order valence-electron chi connectivity index (χ0n) is 41.5. The van der Waals surface area contributed by atoms with Gasteiger partial charge in [-0.05, 0) is 47.6 Å². The summed E-state index contributed by atoms with van der Waals surface area (Å²) in [6.45, 7) is -1.46. The normalized spacial score (nSPS) is 28.5. The molecule has 10 rings (SSSR count). The average Bonchev–Trinajstić information content (AvgIpc) is 2.08. The molecule has 2 aromatic carbocycles. The molecule has 4 aliphatic rings. The monoisotopic (exact) mass is 1330 g/mol. The van der Waals surface area contributed by atoms with Crippen molar-refractivity contribution < 1.29 is 131 Å². The first-order chi connectivity index (χ1) is 39.2. The van der Waals surface area contributed by atoms with Gasteiger partial charge >= 0.3 is 53.6 Å². The molecule has 44 heteroatoms. The first-order valence-electron chi connectivity index (χ1n) is 22.4. The molecule has 6 unspecified atom stereocenters. The van der Waals surface area contributed by atoms with Crippen LogP contribution in [0.25, 0.3) is 22.1 Å². The number of fused-ring (bicyclic) bond motifs is 3. The number of aromatic carboxylic acids is 1. The molecule has 0 bridgehead atoms. The van der Waals surface area contributed by atoms with Crippen molar-refractivity contribution in [3.05, 3.63) is 96.8 Å². The number of carboxylic acid groups (broad SMARTS) is 1. The van der Waals surface area contributed by atoms with Gasteiger partial charge in [0.1, 0.15) is 83.9 Å². The van der Waals surface area contributed by atoms with E-state index in [0.29, 0.717) is 39.2 Å². The Bertz CT molecular complexity index is 3770. The number of carbonyl (C=O) groups excluding carboxylic acids is 2. The largest absolute Gasteiger partial charge is 0.756 e. The van der Waals surface area contributed by atoms with Gasteiger partial charge in [0.15, 0.2) is 11.2 Å². The van der Waals surface area contributed by atoms with E-state index in [2.05, 4.69) is 62.4 Å². The van der Waals surface area contributed by atoms with Gasteiger partial charge in [-0.2, -0.15) is 8.62 Å². The zero-order chi connectivity index (χ0) is 61.8. The number of rotatable bonds is 13. The Hall–Kier alpha value is -5.44. The van der Waals surface area contributed by atoms with Crippen LogP contribution in [0.1, 0.15) is 46.0 Å². The molecule has 8 heterocycles. The molecule has 452 valence electrons. The van der Waals surface area contributed by atoms with E-state index in [0.717, 1.165) is 12.1 Å². The lowest BCUT2D eigenvalue weighted by molar-refractivity contribution is -0.255. The van der Waals surface area contributed by atoms with Gasteiger partial charge in [0.25, 0.3) is 7.82 Å². The van der Waals surface area contributed by atoms with E-state index < -0.39 is 122 Å². The smallest absolute Gasteiger partial charge is 0.490 e. The number of phosphoric ester groups is 1. The number of para-hydroxylation sites is 2. The van der Waals surface area contributed by atoms with Crippen molar-refractivity contribution in [1.82, 2.24) is 29.1 Å².